The molecule has 2 nitrogen and oxygen atoms in total. The molecular formula is C13H9IO2. The third kappa shape index (κ3) is 1.42. The van der Waals surface area contributed by atoms with Crippen LogP contribution in [0.2, 0.25) is 0 Å². The van der Waals surface area contributed by atoms with E-state index in [0.29, 0.717) is 0 Å². The molecule has 0 fully saturated rings. The Balaban J connectivity index is 2.17. The Morgan fingerprint density at radius 3 is 2.81 bits per heavy atom. The van der Waals surface area contributed by atoms with E-state index in [1.165, 1.54) is 0 Å². The third-order valence-electron chi connectivity index (χ3n) is 2.91. The van der Waals surface area contributed by atoms with Gasteiger partial charge in [0.15, 0.2) is 0 Å². The van der Waals surface area contributed by atoms with Crippen LogP contribution in [-0.2, 0) is 9.53 Å². The van der Waals surface area contributed by atoms with Gasteiger partial charge in [-0.3, -0.25) is 4.79 Å². The second-order valence-corrected chi connectivity index (χ2v) is 5.10. The van der Waals surface area contributed by atoms with E-state index in [4.69, 9.17) is 4.74 Å². The molecule has 0 amide bonds. The Bertz CT molecular complexity index is 506. The molecule has 2 aliphatic carbocycles. The molecule has 2 unspecified atom stereocenters. The largest absolute Gasteiger partial charge is 0.452 e. The number of halogens is 1. The fourth-order valence-electron chi connectivity index (χ4n) is 2.17. The lowest BCUT2D eigenvalue weighted by atomic mass is 9.84. The van der Waals surface area contributed by atoms with Gasteiger partial charge in [0, 0.05) is 9.15 Å². The Hall–Kier alpha value is -1.10. The van der Waals surface area contributed by atoms with E-state index in [9.17, 15) is 4.79 Å². The Kier molecular flexibility index (Phi) is 2.35. The zero-order valence-electron chi connectivity index (χ0n) is 8.39. The van der Waals surface area contributed by atoms with Gasteiger partial charge >= 0.3 is 5.97 Å². The van der Waals surface area contributed by atoms with Crippen molar-refractivity contribution in [2.24, 2.45) is 5.92 Å². The van der Waals surface area contributed by atoms with Crippen LogP contribution < -0.4 is 0 Å². The highest BCUT2D eigenvalue weighted by molar-refractivity contribution is 14.1. The van der Waals surface area contributed by atoms with Gasteiger partial charge in [-0.2, -0.15) is 0 Å². The molecular weight excluding hydrogens is 315 g/mol. The van der Waals surface area contributed by atoms with E-state index in [1.807, 2.05) is 42.5 Å². The summed E-state index contributed by atoms with van der Waals surface area (Å²) in [6.45, 7) is 0. The van der Waals surface area contributed by atoms with Crippen LogP contribution in [0.15, 0.2) is 57.3 Å². The second kappa shape index (κ2) is 3.73. The van der Waals surface area contributed by atoms with E-state index in [1.54, 1.807) is 0 Å². The van der Waals surface area contributed by atoms with Crippen LogP contribution in [0.25, 0.3) is 0 Å². The van der Waals surface area contributed by atoms with Crippen LogP contribution in [0.1, 0.15) is 0 Å². The topological polar surface area (TPSA) is 26.3 Å². The first-order valence-corrected chi connectivity index (χ1v) is 6.18. The number of allylic oxidation sites excluding steroid dienone is 5. The van der Waals surface area contributed by atoms with Crippen molar-refractivity contribution in [2.75, 3.05) is 0 Å². The van der Waals surface area contributed by atoms with Crippen molar-refractivity contribution in [3.05, 3.63) is 57.3 Å². The van der Waals surface area contributed by atoms with E-state index in [0.717, 1.165) is 14.7 Å². The number of esters is 1. The van der Waals surface area contributed by atoms with Gasteiger partial charge < -0.3 is 4.74 Å². The molecule has 0 bridgehead atoms. The van der Waals surface area contributed by atoms with Gasteiger partial charge in [0.2, 0.25) is 0 Å². The number of rotatable bonds is 0. The predicted molar refractivity (Wildman–Crippen MR) is 69.9 cm³/mol. The quantitative estimate of drug-likeness (QED) is 0.506. The number of carbonyl (C=O) groups is 1. The summed E-state index contributed by atoms with van der Waals surface area (Å²) in [5, 5.41) is 0. The fourth-order valence-corrected chi connectivity index (χ4v) is 2.96. The van der Waals surface area contributed by atoms with Crippen LogP contribution in [0.4, 0.5) is 0 Å². The lowest BCUT2D eigenvalue weighted by Crippen LogP contribution is -2.33. The molecule has 2 atom stereocenters. The number of hydrogen-bond donors (Lipinski definition) is 0. The number of ether oxygens (including phenoxy) is 1. The van der Waals surface area contributed by atoms with Crippen molar-refractivity contribution in [1.29, 1.82) is 0 Å². The summed E-state index contributed by atoms with van der Waals surface area (Å²) < 4.78 is 6.44. The lowest BCUT2D eigenvalue weighted by molar-refractivity contribution is -0.148. The maximum atomic E-state index is 11.9. The van der Waals surface area contributed by atoms with Gasteiger partial charge in [-0.1, -0.05) is 36.5 Å². The number of fused-ring (bicyclic) bond motifs is 2. The molecule has 0 aromatic heterocycles. The van der Waals surface area contributed by atoms with Gasteiger partial charge in [0.25, 0.3) is 0 Å². The van der Waals surface area contributed by atoms with Gasteiger partial charge in [0.05, 0.1) is 0 Å². The molecule has 80 valence electrons. The van der Waals surface area contributed by atoms with E-state index in [2.05, 4.69) is 22.6 Å². The Labute approximate surface area is 107 Å². The molecule has 0 saturated carbocycles. The summed E-state index contributed by atoms with van der Waals surface area (Å²) in [5.74, 6) is -0.360. The van der Waals surface area contributed by atoms with E-state index >= 15 is 0 Å². The molecule has 0 saturated heterocycles. The lowest BCUT2D eigenvalue weighted by Gasteiger charge is -2.32. The van der Waals surface area contributed by atoms with Crippen LogP contribution >= 0.6 is 22.6 Å². The standard InChI is InChI=1S/C13H9IO2/c14-10-6-3-5-9-8-4-1-2-7-11(8)16-13(15)12(9)10/h1-7,11-12H. The van der Waals surface area contributed by atoms with Crippen molar-refractivity contribution in [3.8, 4) is 0 Å². The van der Waals surface area contributed by atoms with Crippen molar-refractivity contribution in [3.63, 3.8) is 0 Å². The fraction of sp³-hybridized carbons (Fsp3) is 0.154. The molecule has 0 aromatic rings. The monoisotopic (exact) mass is 324 g/mol. The van der Waals surface area contributed by atoms with Gasteiger partial charge in [-0.05, 0) is 34.2 Å². The van der Waals surface area contributed by atoms with Crippen LogP contribution in [-0.4, -0.2) is 12.1 Å². The SMILES string of the molecule is O=C1OC2C=CC=CC2=C2C=CC=C(I)C12. The van der Waals surface area contributed by atoms with Crippen molar-refractivity contribution < 1.29 is 9.53 Å². The summed E-state index contributed by atoms with van der Waals surface area (Å²) >= 11 is 2.20. The summed E-state index contributed by atoms with van der Waals surface area (Å²) in [7, 11) is 0. The number of hydrogen-bond acceptors (Lipinski definition) is 2. The maximum absolute atomic E-state index is 11.9. The molecule has 3 rings (SSSR count). The van der Waals surface area contributed by atoms with E-state index < -0.39 is 0 Å². The van der Waals surface area contributed by atoms with E-state index in [-0.39, 0.29) is 18.0 Å². The zero-order valence-corrected chi connectivity index (χ0v) is 10.5. The molecule has 0 aromatic carbocycles. The molecule has 1 aliphatic heterocycles. The Morgan fingerprint density at radius 2 is 1.94 bits per heavy atom. The first-order chi connectivity index (χ1) is 7.77. The molecule has 1 heterocycles. The maximum Gasteiger partial charge on any atom is 0.319 e. The first kappa shape index (κ1) is 10.1. The molecule has 3 heteroatoms. The minimum Gasteiger partial charge on any atom is -0.452 e. The molecule has 0 N–H and O–H groups in total. The minimum absolute atomic E-state index is 0.145. The highest BCUT2D eigenvalue weighted by Gasteiger charge is 2.37. The normalized spacial score (nSPS) is 30.8. The second-order valence-electron chi connectivity index (χ2n) is 3.86. The van der Waals surface area contributed by atoms with Crippen LogP contribution in [0.3, 0.4) is 0 Å². The summed E-state index contributed by atoms with van der Waals surface area (Å²) in [4.78, 5) is 11.9. The first-order valence-electron chi connectivity index (χ1n) is 5.10. The van der Waals surface area contributed by atoms with Gasteiger partial charge in [-0.15, -0.1) is 0 Å². The Morgan fingerprint density at radius 1 is 1.12 bits per heavy atom. The van der Waals surface area contributed by atoms with Gasteiger partial charge in [-0.25, -0.2) is 0 Å². The average molecular weight is 324 g/mol. The van der Waals surface area contributed by atoms with Crippen molar-refractivity contribution in [2.45, 2.75) is 6.10 Å². The highest BCUT2D eigenvalue weighted by atomic mass is 127. The minimum atomic E-state index is -0.215. The summed E-state index contributed by atoms with van der Waals surface area (Å²) in [6.07, 6.45) is 13.6. The molecule has 0 radical (unpaired) electrons. The predicted octanol–water partition coefficient (Wildman–Crippen LogP) is 2.84. The highest BCUT2D eigenvalue weighted by Crippen LogP contribution is 2.39. The zero-order chi connectivity index (χ0) is 11.1. The smallest absolute Gasteiger partial charge is 0.319 e. The summed E-state index contributed by atoms with van der Waals surface area (Å²) in [6, 6.07) is 0. The third-order valence-corrected chi connectivity index (χ3v) is 3.89. The van der Waals surface area contributed by atoms with Crippen LogP contribution in [0.5, 0.6) is 0 Å². The molecule has 0 spiro atoms. The van der Waals surface area contributed by atoms with Gasteiger partial charge in [0.1, 0.15) is 12.0 Å². The summed E-state index contributed by atoms with van der Waals surface area (Å²) in [5.41, 5.74) is 2.18. The number of carbonyl (C=O) groups excluding carboxylic acids is 1. The van der Waals surface area contributed by atoms with Crippen LogP contribution in [0, 0.1) is 5.92 Å². The van der Waals surface area contributed by atoms with Crippen molar-refractivity contribution in [1.82, 2.24) is 0 Å². The molecule has 16 heavy (non-hydrogen) atoms. The average Bonchev–Trinajstić information content (AvgIpc) is 2.29. The molecule has 3 aliphatic rings. The van der Waals surface area contributed by atoms with Crippen molar-refractivity contribution >= 4 is 28.6 Å².